The van der Waals surface area contributed by atoms with E-state index in [1.165, 1.54) is 0 Å². The van der Waals surface area contributed by atoms with E-state index in [9.17, 15) is 13.2 Å². The molecule has 0 aromatic rings. The van der Waals surface area contributed by atoms with Crippen molar-refractivity contribution >= 4 is 12.4 Å². The van der Waals surface area contributed by atoms with Crippen molar-refractivity contribution in [3.05, 3.63) is 0 Å². The van der Waals surface area contributed by atoms with Crippen molar-refractivity contribution in [2.24, 2.45) is 17.3 Å². The molecule has 0 unspecified atom stereocenters. The van der Waals surface area contributed by atoms with Crippen LogP contribution in [0.2, 0.25) is 0 Å². The minimum absolute atomic E-state index is 0. The highest BCUT2D eigenvalue weighted by molar-refractivity contribution is 5.85. The summed E-state index contributed by atoms with van der Waals surface area (Å²) in [6.45, 7) is 0.953. The van der Waals surface area contributed by atoms with E-state index >= 15 is 0 Å². The molecule has 0 amide bonds. The van der Waals surface area contributed by atoms with E-state index in [4.69, 9.17) is 6.42 Å². The van der Waals surface area contributed by atoms with Crippen molar-refractivity contribution in [3.8, 4) is 12.3 Å². The smallest absolute Gasteiger partial charge is 0.315 e. The number of rotatable bonds is 0. The fourth-order valence-corrected chi connectivity index (χ4v) is 2.46. The van der Waals surface area contributed by atoms with Gasteiger partial charge in [-0.25, -0.2) is 0 Å². The normalized spacial score (nSPS) is 40.4. The molecule has 1 heterocycles. The summed E-state index contributed by atoms with van der Waals surface area (Å²) in [5.41, 5.74) is -0.500. The molecule has 1 saturated carbocycles. The molecular weight excluding hydrogens is 215 g/mol. The van der Waals surface area contributed by atoms with Gasteiger partial charge < -0.3 is 5.32 Å². The van der Waals surface area contributed by atoms with Gasteiger partial charge in [0.15, 0.2) is 0 Å². The van der Waals surface area contributed by atoms with Crippen LogP contribution in [0.4, 0.5) is 13.2 Å². The SMILES string of the molecule is C#C[C@]12CNC[C@H]1[C@H](C(F)(F)F)C2.Cl. The lowest BCUT2D eigenvalue weighted by Gasteiger charge is -2.47. The maximum absolute atomic E-state index is 12.3. The molecule has 0 radical (unpaired) electrons. The van der Waals surface area contributed by atoms with Crippen molar-refractivity contribution in [2.45, 2.75) is 12.6 Å². The molecular formula is C9H11ClF3N. The Balaban J connectivity index is 0.000000980. The van der Waals surface area contributed by atoms with Gasteiger partial charge in [-0.3, -0.25) is 0 Å². The fourth-order valence-electron chi connectivity index (χ4n) is 2.46. The van der Waals surface area contributed by atoms with Gasteiger partial charge in [-0.1, -0.05) is 5.92 Å². The van der Waals surface area contributed by atoms with Crippen LogP contribution in [0, 0.1) is 29.6 Å². The molecule has 2 rings (SSSR count). The molecule has 5 heteroatoms. The summed E-state index contributed by atoms with van der Waals surface area (Å²) in [6.07, 6.45) is 1.29. The van der Waals surface area contributed by atoms with Gasteiger partial charge in [-0.05, 0) is 6.42 Å². The zero-order chi connectivity index (χ0) is 9.69. The van der Waals surface area contributed by atoms with Crippen molar-refractivity contribution in [2.75, 3.05) is 13.1 Å². The number of nitrogens with one attached hydrogen (secondary N) is 1. The second kappa shape index (κ2) is 3.32. The third-order valence-electron chi connectivity index (χ3n) is 3.29. The van der Waals surface area contributed by atoms with E-state index in [2.05, 4.69) is 11.2 Å². The number of alkyl halides is 3. The molecule has 1 aliphatic heterocycles. The molecule has 14 heavy (non-hydrogen) atoms. The molecule has 2 aliphatic rings. The number of terminal acetylenes is 1. The standard InChI is InChI=1S/C9H10F3N.ClH/c1-2-8-3-6(9(10,11)12)7(8)4-13-5-8;/h1,6-7,13H,3-5H2;1H/t6-,7+,8+;/m1./s1. The Hall–Kier alpha value is -0.400. The highest BCUT2D eigenvalue weighted by Gasteiger charge is 2.64. The highest BCUT2D eigenvalue weighted by atomic mass is 35.5. The van der Waals surface area contributed by atoms with Crippen LogP contribution in [0.5, 0.6) is 0 Å². The van der Waals surface area contributed by atoms with Crippen LogP contribution in [0.3, 0.4) is 0 Å². The Morgan fingerprint density at radius 2 is 2.07 bits per heavy atom. The zero-order valence-electron chi connectivity index (χ0n) is 7.40. The van der Waals surface area contributed by atoms with E-state index in [0.29, 0.717) is 13.1 Å². The van der Waals surface area contributed by atoms with Gasteiger partial charge in [-0.2, -0.15) is 13.2 Å². The molecule has 2 fully saturated rings. The first-order chi connectivity index (χ1) is 5.99. The van der Waals surface area contributed by atoms with E-state index in [-0.39, 0.29) is 18.8 Å². The fraction of sp³-hybridized carbons (Fsp3) is 0.778. The lowest BCUT2D eigenvalue weighted by atomic mass is 9.55. The lowest BCUT2D eigenvalue weighted by molar-refractivity contribution is -0.231. The van der Waals surface area contributed by atoms with Crippen molar-refractivity contribution < 1.29 is 13.2 Å². The maximum Gasteiger partial charge on any atom is 0.392 e. The van der Waals surface area contributed by atoms with Crippen LogP contribution in [0.15, 0.2) is 0 Å². The van der Waals surface area contributed by atoms with Gasteiger partial charge in [-0.15, -0.1) is 18.8 Å². The Labute approximate surface area is 86.8 Å². The van der Waals surface area contributed by atoms with E-state index < -0.39 is 23.4 Å². The van der Waals surface area contributed by atoms with Crippen molar-refractivity contribution in [1.82, 2.24) is 5.32 Å². The Morgan fingerprint density at radius 1 is 1.43 bits per heavy atom. The molecule has 1 saturated heterocycles. The van der Waals surface area contributed by atoms with Crippen LogP contribution in [-0.4, -0.2) is 19.3 Å². The summed E-state index contributed by atoms with van der Waals surface area (Å²) in [6, 6.07) is 0. The third kappa shape index (κ3) is 1.39. The molecule has 0 spiro atoms. The Bertz CT molecular complexity index is 270. The van der Waals surface area contributed by atoms with E-state index in [1.54, 1.807) is 0 Å². The van der Waals surface area contributed by atoms with Gasteiger partial charge in [0.25, 0.3) is 0 Å². The van der Waals surface area contributed by atoms with Crippen LogP contribution >= 0.6 is 12.4 Å². The summed E-state index contributed by atoms with van der Waals surface area (Å²) in [7, 11) is 0. The molecule has 3 atom stereocenters. The summed E-state index contributed by atoms with van der Waals surface area (Å²) in [5.74, 6) is 0.943. The Morgan fingerprint density at radius 3 is 2.57 bits per heavy atom. The summed E-state index contributed by atoms with van der Waals surface area (Å²) in [4.78, 5) is 0. The van der Waals surface area contributed by atoms with Crippen LogP contribution in [0.25, 0.3) is 0 Å². The first-order valence-corrected chi connectivity index (χ1v) is 4.25. The van der Waals surface area contributed by atoms with Gasteiger partial charge in [0.2, 0.25) is 0 Å². The van der Waals surface area contributed by atoms with E-state index in [0.717, 1.165) is 0 Å². The number of halogens is 4. The summed E-state index contributed by atoms with van der Waals surface area (Å²) < 4.78 is 37.0. The number of hydrogen-bond acceptors (Lipinski definition) is 1. The lowest BCUT2D eigenvalue weighted by Crippen LogP contribution is -2.52. The van der Waals surface area contributed by atoms with Crippen molar-refractivity contribution in [1.29, 1.82) is 0 Å². The maximum atomic E-state index is 12.3. The summed E-state index contributed by atoms with van der Waals surface area (Å²) in [5, 5.41) is 2.94. The second-order valence-electron chi connectivity index (χ2n) is 3.89. The van der Waals surface area contributed by atoms with Crippen LogP contribution in [0.1, 0.15) is 6.42 Å². The van der Waals surface area contributed by atoms with Crippen LogP contribution in [-0.2, 0) is 0 Å². The first-order valence-electron chi connectivity index (χ1n) is 4.25. The van der Waals surface area contributed by atoms with Crippen molar-refractivity contribution in [3.63, 3.8) is 0 Å². The predicted octanol–water partition coefficient (Wildman–Crippen LogP) is 1.83. The van der Waals surface area contributed by atoms with Gasteiger partial charge in [0.1, 0.15) is 0 Å². The molecule has 0 bridgehead atoms. The average Bonchev–Trinajstić information content (AvgIpc) is 2.27. The van der Waals surface area contributed by atoms with Crippen LogP contribution < -0.4 is 5.32 Å². The largest absolute Gasteiger partial charge is 0.392 e. The second-order valence-corrected chi connectivity index (χ2v) is 3.89. The molecule has 0 aromatic heterocycles. The average molecular weight is 226 g/mol. The van der Waals surface area contributed by atoms with Gasteiger partial charge in [0.05, 0.1) is 5.92 Å². The first kappa shape index (κ1) is 11.7. The highest BCUT2D eigenvalue weighted by Crippen LogP contribution is 2.58. The van der Waals surface area contributed by atoms with E-state index in [1.807, 2.05) is 0 Å². The number of hydrogen-bond donors (Lipinski definition) is 1. The number of fused-ring (bicyclic) bond motifs is 1. The molecule has 1 N–H and O–H groups in total. The van der Waals surface area contributed by atoms with Gasteiger partial charge in [0, 0.05) is 24.4 Å². The predicted molar refractivity (Wildman–Crippen MR) is 49.0 cm³/mol. The monoisotopic (exact) mass is 225 g/mol. The topological polar surface area (TPSA) is 12.0 Å². The zero-order valence-corrected chi connectivity index (χ0v) is 8.21. The minimum atomic E-state index is -4.07. The minimum Gasteiger partial charge on any atom is -0.315 e. The quantitative estimate of drug-likeness (QED) is 0.621. The Kier molecular flexibility index (Phi) is 2.77. The molecule has 1 aliphatic carbocycles. The molecule has 1 nitrogen and oxygen atoms in total. The summed E-state index contributed by atoms with van der Waals surface area (Å²) >= 11 is 0. The third-order valence-corrected chi connectivity index (χ3v) is 3.29. The van der Waals surface area contributed by atoms with Gasteiger partial charge >= 0.3 is 6.18 Å². The molecule has 80 valence electrons. The molecule has 0 aromatic carbocycles.